The fourth-order valence-corrected chi connectivity index (χ4v) is 3.45. The normalized spacial score (nSPS) is 14.8. The number of carbonyl (C=O) groups is 3. The second-order valence-corrected chi connectivity index (χ2v) is 6.90. The maximum absolute atomic E-state index is 12.1. The number of ether oxygens (including phenoxy) is 1. The number of nitrogens with zero attached hydrogens (tertiary/aromatic N) is 2. The second kappa shape index (κ2) is 7.65. The Labute approximate surface area is 155 Å². The van der Waals surface area contributed by atoms with E-state index >= 15 is 0 Å². The lowest BCUT2D eigenvalue weighted by atomic mass is 10.1. The van der Waals surface area contributed by atoms with Gasteiger partial charge in [0.25, 0.3) is 5.91 Å². The van der Waals surface area contributed by atoms with Gasteiger partial charge in [-0.1, -0.05) is 23.8 Å². The predicted octanol–water partition coefficient (Wildman–Crippen LogP) is 2.14. The summed E-state index contributed by atoms with van der Waals surface area (Å²) in [4.78, 5) is 41.3. The minimum absolute atomic E-state index is 0.0217. The van der Waals surface area contributed by atoms with Crippen LogP contribution in [0.25, 0.3) is 10.6 Å². The van der Waals surface area contributed by atoms with Gasteiger partial charge in [0.2, 0.25) is 0 Å². The zero-order chi connectivity index (χ0) is 18.7. The van der Waals surface area contributed by atoms with E-state index in [4.69, 9.17) is 4.74 Å². The number of nitrogens with one attached hydrogen (secondary N) is 1. The smallest absolute Gasteiger partial charge is 0.324 e. The van der Waals surface area contributed by atoms with Crippen LogP contribution < -0.4 is 5.32 Å². The maximum Gasteiger partial charge on any atom is 0.324 e. The Morgan fingerprint density at radius 1 is 1.42 bits per heavy atom. The van der Waals surface area contributed by atoms with Crippen LogP contribution in [0.1, 0.15) is 18.2 Å². The molecule has 7 nitrogen and oxygen atoms in total. The van der Waals surface area contributed by atoms with Crippen LogP contribution in [-0.2, 0) is 20.7 Å². The largest absolute Gasteiger partial charge is 0.452 e. The molecule has 0 saturated carbocycles. The third-order valence-electron chi connectivity index (χ3n) is 3.92. The van der Waals surface area contributed by atoms with Gasteiger partial charge in [0.05, 0.1) is 12.1 Å². The number of aryl methyl sites for hydroxylation is 1. The maximum atomic E-state index is 12.1. The van der Waals surface area contributed by atoms with Gasteiger partial charge in [-0.05, 0) is 19.9 Å². The standard InChI is InChI=1S/C18H19N3O4S/c1-11-4-3-5-13(8-11)16-20-14(10-26-16)9-15(22)25-12(2)17(23)21-7-6-19-18(21)24/h3-5,8,10,12H,6-7,9H2,1-2H3,(H,19,24)/t12-/m0/s1. The van der Waals surface area contributed by atoms with E-state index in [1.54, 1.807) is 5.38 Å². The summed E-state index contributed by atoms with van der Waals surface area (Å²) in [6, 6.07) is 7.51. The highest BCUT2D eigenvalue weighted by molar-refractivity contribution is 7.13. The van der Waals surface area contributed by atoms with E-state index in [-0.39, 0.29) is 13.0 Å². The van der Waals surface area contributed by atoms with E-state index in [2.05, 4.69) is 10.3 Å². The Morgan fingerprint density at radius 2 is 2.23 bits per heavy atom. The van der Waals surface area contributed by atoms with Crippen molar-refractivity contribution in [3.63, 3.8) is 0 Å². The average Bonchev–Trinajstić information content (AvgIpc) is 3.23. The highest BCUT2D eigenvalue weighted by atomic mass is 32.1. The van der Waals surface area contributed by atoms with Crippen molar-refractivity contribution < 1.29 is 19.1 Å². The molecule has 1 saturated heterocycles. The summed E-state index contributed by atoms with van der Waals surface area (Å²) in [5.41, 5.74) is 2.73. The first-order chi connectivity index (χ1) is 12.4. The average molecular weight is 373 g/mol. The molecular formula is C18H19N3O4S. The SMILES string of the molecule is Cc1cccc(-c2nc(CC(=O)O[C@@H](C)C(=O)N3CCNC3=O)cs2)c1. The summed E-state index contributed by atoms with van der Waals surface area (Å²) in [5, 5.41) is 5.17. The number of hydrogen-bond acceptors (Lipinski definition) is 6. The lowest BCUT2D eigenvalue weighted by molar-refractivity contribution is -0.156. The molecule has 1 aromatic carbocycles. The summed E-state index contributed by atoms with van der Waals surface area (Å²) in [6.07, 6.45) is -1.03. The number of hydrogen-bond donors (Lipinski definition) is 1. The fraction of sp³-hybridized carbons (Fsp3) is 0.333. The van der Waals surface area contributed by atoms with Crippen molar-refractivity contribution in [2.75, 3.05) is 13.1 Å². The third-order valence-corrected chi connectivity index (χ3v) is 4.86. The summed E-state index contributed by atoms with van der Waals surface area (Å²) in [5.74, 6) is -1.07. The van der Waals surface area contributed by atoms with Crippen molar-refractivity contribution >= 4 is 29.2 Å². The number of benzene rings is 1. The van der Waals surface area contributed by atoms with Gasteiger partial charge in [0, 0.05) is 24.0 Å². The van der Waals surface area contributed by atoms with Crippen LogP contribution in [0.4, 0.5) is 4.79 Å². The fourth-order valence-electron chi connectivity index (χ4n) is 2.64. The molecule has 1 aliphatic rings. The van der Waals surface area contributed by atoms with Crippen molar-refractivity contribution in [3.8, 4) is 10.6 Å². The van der Waals surface area contributed by atoms with Gasteiger partial charge in [0.15, 0.2) is 6.10 Å². The van der Waals surface area contributed by atoms with E-state index in [0.29, 0.717) is 12.2 Å². The van der Waals surface area contributed by atoms with E-state index < -0.39 is 24.0 Å². The van der Waals surface area contributed by atoms with Gasteiger partial charge in [0.1, 0.15) is 5.01 Å². The number of aromatic nitrogens is 1. The molecule has 0 aliphatic carbocycles. The summed E-state index contributed by atoms with van der Waals surface area (Å²) in [7, 11) is 0. The number of rotatable bonds is 5. The molecule has 8 heteroatoms. The Bertz CT molecular complexity index is 848. The molecule has 1 fully saturated rings. The molecule has 3 rings (SSSR count). The predicted molar refractivity (Wildman–Crippen MR) is 96.7 cm³/mol. The van der Waals surface area contributed by atoms with Crippen LogP contribution >= 0.6 is 11.3 Å². The summed E-state index contributed by atoms with van der Waals surface area (Å²) in [6.45, 7) is 4.16. The number of imide groups is 1. The molecule has 2 aromatic rings. The molecule has 1 aromatic heterocycles. The lowest BCUT2D eigenvalue weighted by Crippen LogP contribution is -2.42. The third kappa shape index (κ3) is 4.08. The molecule has 0 bridgehead atoms. The number of urea groups is 1. The van der Waals surface area contributed by atoms with Gasteiger partial charge >= 0.3 is 12.0 Å². The molecule has 3 amide bonds. The molecule has 2 heterocycles. The molecule has 1 N–H and O–H groups in total. The molecule has 1 aliphatic heterocycles. The lowest BCUT2D eigenvalue weighted by Gasteiger charge is -2.17. The van der Waals surface area contributed by atoms with E-state index in [9.17, 15) is 14.4 Å². The molecule has 1 atom stereocenters. The summed E-state index contributed by atoms with van der Waals surface area (Å²) < 4.78 is 5.17. The van der Waals surface area contributed by atoms with Crippen molar-refractivity contribution in [3.05, 3.63) is 40.9 Å². The monoisotopic (exact) mass is 373 g/mol. The van der Waals surface area contributed by atoms with Crippen molar-refractivity contribution in [2.24, 2.45) is 0 Å². The molecule has 0 radical (unpaired) electrons. The number of amides is 3. The van der Waals surface area contributed by atoms with Crippen LogP contribution in [0.15, 0.2) is 29.6 Å². The van der Waals surface area contributed by atoms with Crippen LogP contribution in [0, 0.1) is 6.92 Å². The van der Waals surface area contributed by atoms with Gasteiger partial charge < -0.3 is 10.1 Å². The molecule has 0 unspecified atom stereocenters. The summed E-state index contributed by atoms with van der Waals surface area (Å²) >= 11 is 1.45. The first kappa shape index (κ1) is 18.1. The quantitative estimate of drug-likeness (QED) is 0.811. The van der Waals surface area contributed by atoms with E-state index in [1.807, 2.05) is 31.2 Å². The molecular weight excluding hydrogens is 354 g/mol. The van der Waals surface area contributed by atoms with Crippen LogP contribution in [0.5, 0.6) is 0 Å². The van der Waals surface area contributed by atoms with E-state index in [1.165, 1.54) is 18.3 Å². The number of carbonyl (C=O) groups excluding carboxylic acids is 3. The van der Waals surface area contributed by atoms with Gasteiger partial charge in [-0.25, -0.2) is 9.78 Å². The first-order valence-corrected chi connectivity index (χ1v) is 9.12. The van der Waals surface area contributed by atoms with Gasteiger partial charge in [-0.2, -0.15) is 0 Å². The number of thiazole rings is 1. The van der Waals surface area contributed by atoms with E-state index in [0.717, 1.165) is 21.0 Å². The highest BCUT2D eigenvalue weighted by Crippen LogP contribution is 2.24. The van der Waals surface area contributed by atoms with Crippen LogP contribution in [0.2, 0.25) is 0 Å². The molecule has 26 heavy (non-hydrogen) atoms. The highest BCUT2D eigenvalue weighted by Gasteiger charge is 2.31. The van der Waals surface area contributed by atoms with Crippen LogP contribution in [0.3, 0.4) is 0 Å². The Morgan fingerprint density at radius 3 is 2.92 bits per heavy atom. The minimum atomic E-state index is -1.01. The minimum Gasteiger partial charge on any atom is -0.452 e. The molecule has 136 valence electrons. The zero-order valence-corrected chi connectivity index (χ0v) is 15.3. The molecule has 0 spiro atoms. The van der Waals surface area contributed by atoms with Crippen LogP contribution in [-0.4, -0.2) is 47.0 Å². The van der Waals surface area contributed by atoms with Gasteiger partial charge in [-0.15, -0.1) is 11.3 Å². The number of esters is 1. The van der Waals surface area contributed by atoms with Crippen molar-refractivity contribution in [1.82, 2.24) is 15.2 Å². The zero-order valence-electron chi connectivity index (χ0n) is 14.5. The first-order valence-electron chi connectivity index (χ1n) is 8.24. The Hall–Kier alpha value is -2.74. The van der Waals surface area contributed by atoms with Crippen molar-refractivity contribution in [2.45, 2.75) is 26.4 Å². The Balaban J connectivity index is 1.58. The van der Waals surface area contributed by atoms with Crippen molar-refractivity contribution in [1.29, 1.82) is 0 Å². The topological polar surface area (TPSA) is 88.6 Å². The second-order valence-electron chi connectivity index (χ2n) is 6.04. The Kier molecular flexibility index (Phi) is 5.32. The van der Waals surface area contributed by atoms with Gasteiger partial charge in [-0.3, -0.25) is 14.5 Å².